The van der Waals surface area contributed by atoms with Crippen molar-refractivity contribution in [2.24, 2.45) is 0 Å². The molecule has 6 nitrogen and oxygen atoms in total. The molecule has 1 N–H and O–H groups in total. The fraction of sp³-hybridized carbons (Fsp3) is 0.300. The molecule has 0 saturated carbocycles. The molecular formula is C20H22IN3O3. The average Bonchev–Trinajstić information content (AvgIpc) is 2.68. The molecule has 0 atom stereocenters. The zero-order valence-electron chi connectivity index (χ0n) is 15.4. The third-order valence-electron chi connectivity index (χ3n) is 4.60. The average molecular weight is 479 g/mol. The number of hydrogen-bond donors (Lipinski definition) is 1. The first-order chi connectivity index (χ1) is 13.0. The smallest absolute Gasteiger partial charge is 0.337 e. The molecular weight excluding hydrogens is 457 g/mol. The van der Waals surface area contributed by atoms with Crippen molar-refractivity contribution in [3.8, 4) is 0 Å². The zero-order chi connectivity index (χ0) is 19.4. The number of rotatable bonds is 4. The Hall–Kier alpha value is -2.13. The number of anilines is 2. The van der Waals surface area contributed by atoms with E-state index in [9.17, 15) is 9.59 Å². The van der Waals surface area contributed by atoms with E-state index in [1.54, 1.807) is 18.2 Å². The molecule has 7 heteroatoms. The quantitative estimate of drug-likeness (QED) is 0.540. The zero-order valence-corrected chi connectivity index (χ0v) is 17.5. The topological polar surface area (TPSA) is 61.9 Å². The predicted molar refractivity (Wildman–Crippen MR) is 115 cm³/mol. The van der Waals surface area contributed by atoms with Crippen LogP contribution < -0.4 is 10.2 Å². The Balaban J connectivity index is 1.92. The van der Waals surface area contributed by atoms with Crippen LogP contribution in [0.2, 0.25) is 0 Å². The molecule has 2 aromatic carbocycles. The number of esters is 1. The van der Waals surface area contributed by atoms with Crippen LogP contribution in [0.25, 0.3) is 0 Å². The number of nitrogens with one attached hydrogen (secondary N) is 1. The van der Waals surface area contributed by atoms with Crippen molar-refractivity contribution < 1.29 is 14.3 Å². The number of halogens is 1. The third kappa shape index (κ3) is 4.78. The van der Waals surface area contributed by atoms with Gasteiger partial charge in [-0.3, -0.25) is 4.79 Å². The van der Waals surface area contributed by atoms with Gasteiger partial charge in [0.25, 0.3) is 5.91 Å². The van der Waals surface area contributed by atoms with Crippen LogP contribution in [0.1, 0.15) is 20.7 Å². The number of carbonyl (C=O) groups is 2. The molecule has 1 aliphatic heterocycles. The van der Waals surface area contributed by atoms with Crippen molar-refractivity contribution >= 4 is 45.8 Å². The summed E-state index contributed by atoms with van der Waals surface area (Å²) >= 11 is 2.18. The van der Waals surface area contributed by atoms with Gasteiger partial charge >= 0.3 is 5.97 Å². The Kier molecular flexibility index (Phi) is 6.33. The number of methoxy groups -OCH3 is 1. The second-order valence-electron chi connectivity index (χ2n) is 6.48. The minimum absolute atomic E-state index is 0.203. The highest BCUT2D eigenvalue weighted by atomic mass is 127. The molecule has 3 rings (SSSR count). The van der Waals surface area contributed by atoms with Crippen LogP contribution >= 0.6 is 22.6 Å². The third-order valence-corrected chi connectivity index (χ3v) is 5.27. The Morgan fingerprint density at radius 2 is 1.78 bits per heavy atom. The first-order valence-corrected chi connectivity index (χ1v) is 9.78. The maximum absolute atomic E-state index is 12.7. The van der Waals surface area contributed by atoms with Gasteiger partial charge in [0.15, 0.2) is 0 Å². The monoisotopic (exact) mass is 479 g/mol. The van der Waals surface area contributed by atoms with Crippen LogP contribution in [0.5, 0.6) is 0 Å². The Labute approximate surface area is 172 Å². The number of piperazine rings is 1. The summed E-state index contributed by atoms with van der Waals surface area (Å²) in [5.74, 6) is -0.629. The predicted octanol–water partition coefficient (Wildman–Crippen LogP) is 3.08. The maximum Gasteiger partial charge on any atom is 0.337 e. The summed E-state index contributed by atoms with van der Waals surface area (Å²) in [6, 6.07) is 12.7. The number of benzene rings is 2. The summed E-state index contributed by atoms with van der Waals surface area (Å²) in [5.41, 5.74) is 2.52. The number of ether oxygens (including phenoxy) is 1. The van der Waals surface area contributed by atoms with Crippen LogP contribution in [0.3, 0.4) is 0 Å². The molecule has 1 saturated heterocycles. The number of carbonyl (C=O) groups excluding carboxylic acids is 2. The fourth-order valence-electron chi connectivity index (χ4n) is 3.03. The molecule has 1 aliphatic rings. The van der Waals surface area contributed by atoms with Crippen molar-refractivity contribution in [2.75, 3.05) is 50.6 Å². The lowest BCUT2D eigenvalue weighted by atomic mass is 10.1. The second-order valence-corrected chi connectivity index (χ2v) is 7.72. The van der Waals surface area contributed by atoms with Gasteiger partial charge in [0.2, 0.25) is 0 Å². The Morgan fingerprint density at radius 1 is 1.04 bits per heavy atom. The normalized spacial score (nSPS) is 14.7. The van der Waals surface area contributed by atoms with E-state index in [0.717, 1.165) is 35.4 Å². The molecule has 1 fully saturated rings. The number of nitrogens with zero attached hydrogens (tertiary/aromatic N) is 2. The molecule has 1 amide bonds. The van der Waals surface area contributed by atoms with E-state index < -0.39 is 5.97 Å². The lowest BCUT2D eigenvalue weighted by Crippen LogP contribution is -2.44. The van der Waals surface area contributed by atoms with E-state index in [1.807, 2.05) is 24.3 Å². The number of likely N-dealkylation sites (N-methyl/N-ethyl adjacent to an activating group) is 1. The molecule has 142 valence electrons. The molecule has 2 aromatic rings. The minimum atomic E-state index is -0.426. The van der Waals surface area contributed by atoms with Crippen LogP contribution in [0, 0.1) is 3.57 Å². The van der Waals surface area contributed by atoms with E-state index in [4.69, 9.17) is 4.74 Å². The molecule has 27 heavy (non-hydrogen) atoms. The summed E-state index contributed by atoms with van der Waals surface area (Å²) in [6.07, 6.45) is 0. The highest BCUT2D eigenvalue weighted by molar-refractivity contribution is 14.1. The van der Waals surface area contributed by atoms with Gasteiger partial charge in [0.1, 0.15) is 0 Å². The molecule has 0 spiro atoms. The van der Waals surface area contributed by atoms with Crippen molar-refractivity contribution in [3.63, 3.8) is 0 Å². The van der Waals surface area contributed by atoms with Gasteiger partial charge in [-0.1, -0.05) is 6.07 Å². The minimum Gasteiger partial charge on any atom is -0.465 e. The van der Waals surface area contributed by atoms with E-state index >= 15 is 0 Å². The van der Waals surface area contributed by atoms with Crippen LogP contribution in [-0.2, 0) is 4.74 Å². The summed E-state index contributed by atoms with van der Waals surface area (Å²) in [7, 11) is 3.44. The van der Waals surface area contributed by atoms with Gasteiger partial charge in [-0.25, -0.2) is 4.79 Å². The standard InChI is InChI=1S/C20H22IN3O3/c1-23-8-10-24(11-9-23)18-7-6-15(20(26)27-2)13-17(18)22-19(25)14-4-3-5-16(21)12-14/h3-7,12-13H,8-11H2,1-2H3,(H,22,25). The van der Waals surface area contributed by atoms with Gasteiger partial charge in [-0.15, -0.1) is 0 Å². The van der Waals surface area contributed by atoms with Crippen molar-refractivity contribution in [1.29, 1.82) is 0 Å². The first-order valence-electron chi connectivity index (χ1n) is 8.70. The van der Waals surface area contributed by atoms with Gasteiger partial charge < -0.3 is 19.9 Å². The largest absolute Gasteiger partial charge is 0.465 e. The lowest BCUT2D eigenvalue weighted by Gasteiger charge is -2.35. The molecule has 1 heterocycles. The summed E-state index contributed by atoms with van der Waals surface area (Å²) in [4.78, 5) is 29.2. The SMILES string of the molecule is COC(=O)c1ccc(N2CCN(C)CC2)c(NC(=O)c2cccc(I)c2)c1. The molecule has 0 aliphatic carbocycles. The number of hydrogen-bond acceptors (Lipinski definition) is 5. The van der Waals surface area contributed by atoms with Crippen LogP contribution in [0.4, 0.5) is 11.4 Å². The molecule has 0 unspecified atom stereocenters. The summed E-state index contributed by atoms with van der Waals surface area (Å²) in [5, 5.41) is 2.98. The Morgan fingerprint density at radius 3 is 2.44 bits per heavy atom. The highest BCUT2D eigenvalue weighted by Gasteiger charge is 2.20. The molecule has 0 bridgehead atoms. The van der Waals surface area contributed by atoms with E-state index in [-0.39, 0.29) is 5.91 Å². The van der Waals surface area contributed by atoms with Gasteiger partial charge in [-0.05, 0) is 66.0 Å². The van der Waals surface area contributed by atoms with Crippen molar-refractivity contribution in [2.45, 2.75) is 0 Å². The first kappa shape index (κ1) is 19.6. The second kappa shape index (κ2) is 8.71. The van der Waals surface area contributed by atoms with Gasteiger partial charge in [0, 0.05) is 35.3 Å². The van der Waals surface area contributed by atoms with Gasteiger partial charge in [0.05, 0.1) is 24.0 Å². The molecule has 0 aromatic heterocycles. The Bertz CT molecular complexity index is 848. The van der Waals surface area contributed by atoms with Crippen LogP contribution in [0.15, 0.2) is 42.5 Å². The number of amides is 1. The highest BCUT2D eigenvalue weighted by Crippen LogP contribution is 2.29. The van der Waals surface area contributed by atoms with Crippen molar-refractivity contribution in [3.05, 3.63) is 57.2 Å². The lowest BCUT2D eigenvalue weighted by molar-refractivity contribution is 0.0600. The van der Waals surface area contributed by atoms with E-state index in [0.29, 0.717) is 16.8 Å². The van der Waals surface area contributed by atoms with E-state index in [2.05, 4.69) is 44.8 Å². The summed E-state index contributed by atoms with van der Waals surface area (Å²) in [6.45, 7) is 3.62. The van der Waals surface area contributed by atoms with Gasteiger partial charge in [-0.2, -0.15) is 0 Å². The molecule has 0 radical (unpaired) electrons. The fourth-order valence-corrected chi connectivity index (χ4v) is 3.57. The van der Waals surface area contributed by atoms with Crippen LogP contribution in [-0.4, -0.2) is 57.1 Å². The van der Waals surface area contributed by atoms with Crippen molar-refractivity contribution in [1.82, 2.24) is 4.90 Å². The summed E-state index contributed by atoms with van der Waals surface area (Å²) < 4.78 is 5.81. The van der Waals surface area contributed by atoms with E-state index in [1.165, 1.54) is 7.11 Å². The maximum atomic E-state index is 12.7.